The number of Topliss-reactive ketones (excluding diaryl/α,β-unsaturated/α-hetero) is 1. The Morgan fingerprint density at radius 3 is 2.42 bits per heavy atom. The van der Waals surface area contributed by atoms with Crippen LogP contribution in [0.2, 0.25) is 0 Å². The number of amides is 1. The summed E-state index contributed by atoms with van der Waals surface area (Å²) in [5, 5.41) is 3.17. The van der Waals surface area contributed by atoms with Crippen molar-refractivity contribution in [3.8, 4) is 11.1 Å². The van der Waals surface area contributed by atoms with Crippen molar-refractivity contribution in [3.63, 3.8) is 0 Å². The van der Waals surface area contributed by atoms with Crippen molar-refractivity contribution in [3.05, 3.63) is 89.7 Å². The lowest BCUT2D eigenvalue weighted by Gasteiger charge is -2.32. The predicted molar refractivity (Wildman–Crippen MR) is 122 cm³/mol. The van der Waals surface area contributed by atoms with E-state index in [4.69, 9.17) is 0 Å². The lowest BCUT2D eigenvalue weighted by Crippen LogP contribution is -2.44. The Labute approximate surface area is 183 Å². The van der Waals surface area contributed by atoms with Gasteiger partial charge in [-0.15, -0.1) is 0 Å². The highest BCUT2D eigenvalue weighted by Gasteiger charge is 2.21. The molecule has 1 aromatic heterocycles. The van der Waals surface area contributed by atoms with Crippen LogP contribution >= 0.6 is 0 Å². The van der Waals surface area contributed by atoms with Crippen molar-refractivity contribution in [1.82, 2.24) is 15.2 Å². The van der Waals surface area contributed by atoms with Crippen LogP contribution in [0.15, 0.2) is 73.1 Å². The van der Waals surface area contributed by atoms with Crippen molar-refractivity contribution in [2.45, 2.75) is 32.4 Å². The van der Waals surface area contributed by atoms with Gasteiger partial charge in [0.05, 0.1) is 5.56 Å². The van der Waals surface area contributed by atoms with Crippen molar-refractivity contribution < 1.29 is 9.59 Å². The minimum Gasteiger partial charge on any atom is -0.349 e. The molecule has 31 heavy (non-hydrogen) atoms. The van der Waals surface area contributed by atoms with Crippen LogP contribution in [0, 0.1) is 0 Å². The Balaban J connectivity index is 1.36. The number of carbonyl (C=O) groups excluding carboxylic acids is 2. The molecule has 4 rings (SSSR count). The highest BCUT2D eigenvalue weighted by atomic mass is 16.1. The van der Waals surface area contributed by atoms with Crippen LogP contribution in [0.1, 0.15) is 46.0 Å². The number of nitrogens with one attached hydrogen (secondary N) is 1. The second kappa shape index (κ2) is 9.67. The van der Waals surface area contributed by atoms with Crippen molar-refractivity contribution in [1.29, 1.82) is 0 Å². The number of rotatable bonds is 6. The average Bonchev–Trinajstić information content (AvgIpc) is 2.81. The van der Waals surface area contributed by atoms with E-state index in [0.717, 1.165) is 43.6 Å². The number of likely N-dealkylation sites (tertiary alicyclic amines) is 1. The maximum absolute atomic E-state index is 12.8. The first-order valence-corrected chi connectivity index (χ1v) is 10.7. The summed E-state index contributed by atoms with van der Waals surface area (Å²) in [7, 11) is 0. The SMILES string of the molecule is CC(=O)c1cccc(-c2cncc(C(=O)NC3CCN(Cc4ccccc4)CC3)c2)c1. The number of aromatic nitrogens is 1. The van der Waals surface area contributed by atoms with E-state index in [-0.39, 0.29) is 17.7 Å². The molecule has 1 aliphatic heterocycles. The smallest absolute Gasteiger partial charge is 0.253 e. The molecule has 2 heterocycles. The van der Waals surface area contributed by atoms with Crippen LogP contribution < -0.4 is 5.32 Å². The minimum atomic E-state index is -0.0985. The normalized spacial score (nSPS) is 14.9. The molecule has 0 saturated carbocycles. The van der Waals surface area contributed by atoms with Crippen LogP contribution in [0.5, 0.6) is 0 Å². The Morgan fingerprint density at radius 1 is 0.935 bits per heavy atom. The fourth-order valence-corrected chi connectivity index (χ4v) is 3.99. The van der Waals surface area contributed by atoms with E-state index in [1.54, 1.807) is 25.4 Å². The molecule has 0 aliphatic carbocycles. The van der Waals surface area contributed by atoms with E-state index in [2.05, 4.69) is 39.5 Å². The summed E-state index contributed by atoms with van der Waals surface area (Å²) < 4.78 is 0. The number of nitrogens with zero attached hydrogens (tertiary/aromatic N) is 2. The highest BCUT2D eigenvalue weighted by molar-refractivity contribution is 5.96. The maximum atomic E-state index is 12.8. The van der Waals surface area contributed by atoms with Crippen molar-refractivity contribution >= 4 is 11.7 Å². The summed E-state index contributed by atoms with van der Waals surface area (Å²) in [4.78, 5) is 31.2. The van der Waals surface area contributed by atoms with Crippen LogP contribution in [0.25, 0.3) is 11.1 Å². The van der Waals surface area contributed by atoms with Gasteiger partial charge in [-0.3, -0.25) is 19.5 Å². The first-order valence-electron chi connectivity index (χ1n) is 10.7. The Bertz CT molecular complexity index is 1060. The van der Waals surface area contributed by atoms with Gasteiger partial charge < -0.3 is 5.32 Å². The lowest BCUT2D eigenvalue weighted by atomic mass is 10.0. The number of piperidine rings is 1. The van der Waals surface area contributed by atoms with Crippen LogP contribution in [-0.2, 0) is 6.54 Å². The van der Waals surface area contributed by atoms with Gasteiger partial charge in [0, 0.05) is 49.2 Å². The minimum absolute atomic E-state index is 0.0160. The second-order valence-corrected chi connectivity index (χ2v) is 8.11. The molecule has 0 atom stereocenters. The summed E-state index contributed by atoms with van der Waals surface area (Å²) in [6, 6.07) is 19.9. The van der Waals surface area contributed by atoms with Crippen LogP contribution in [0.4, 0.5) is 0 Å². The van der Waals surface area contributed by atoms with Gasteiger partial charge in [-0.2, -0.15) is 0 Å². The molecule has 1 N–H and O–H groups in total. The molecule has 158 valence electrons. The van der Waals surface area contributed by atoms with Crippen LogP contribution in [-0.4, -0.2) is 40.7 Å². The second-order valence-electron chi connectivity index (χ2n) is 8.11. The molecule has 1 amide bonds. The van der Waals surface area contributed by atoms with Crippen molar-refractivity contribution in [2.75, 3.05) is 13.1 Å². The molecule has 5 heteroatoms. The molecular weight excluding hydrogens is 386 g/mol. The fourth-order valence-electron chi connectivity index (χ4n) is 3.99. The van der Waals surface area contributed by atoms with E-state index >= 15 is 0 Å². The monoisotopic (exact) mass is 413 g/mol. The number of hydrogen-bond donors (Lipinski definition) is 1. The van der Waals surface area contributed by atoms with Gasteiger partial charge in [0.1, 0.15) is 0 Å². The summed E-state index contributed by atoms with van der Waals surface area (Å²) in [6.45, 7) is 4.44. The third-order valence-electron chi connectivity index (χ3n) is 5.77. The molecular formula is C26H27N3O2. The van der Waals surface area contributed by atoms with Crippen LogP contribution in [0.3, 0.4) is 0 Å². The maximum Gasteiger partial charge on any atom is 0.253 e. The third kappa shape index (κ3) is 5.44. The third-order valence-corrected chi connectivity index (χ3v) is 5.77. The topological polar surface area (TPSA) is 62.3 Å². The van der Waals surface area contributed by atoms with Gasteiger partial charge in [0.2, 0.25) is 0 Å². The number of hydrogen-bond acceptors (Lipinski definition) is 4. The van der Waals surface area contributed by atoms with E-state index < -0.39 is 0 Å². The Morgan fingerprint density at radius 2 is 1.68 bits per heavy atom. The molecule has 0 radical (unpaired) electrons. The zero-order valence-electron chi connectivity index (χ0n) is 17.8. The summed E-state index contributed by atoms with van der Waals surface area (Å²) in [6.07, 6.45) is 5.19. The number of ketones is 1. The van der Waals surface area contributed by atoms with Gasteiger partial charge in [0.25, 0.3) is 5.91 Å². The molecule has 1 aliphatic rings. The molecule has 3 aromatic rings. The van der Waals surface area contributed by atoms with Gasteiger partial charge in [-0.05, 0) is 43.0 Å². The zero-order chi connectivity index (χ0) is 21.6. The summed E-state index contributed by atoms with van der Waals surface area (Å²) in [5.41, 5.74) is 4.21. The summed E-state index contributed by atoms with van der Waals surface area (Å²) in [5.74, 6) is -0.0825. The molecule has 0 spiro atoms. The number of pyridine rings is 1. The zero-order valence-corrected chi connectivity index (χ0v) is 17.8. The molecule has 5 nitrogen and oxygen atoms in total. The van der Waals surface area contributed by atoms with Crippen molar-refractivity contribution in [2.24, 2.45) is 0 Å². The number of carbonyl (C=O) groups is 2. The van der Waals surface area contributed by atoms with Gasteiger partial charge in [0.15, 0.2) is 5.78 Å². The largest absolute Gasteiger partial charge is 0.349 e. The first-order chi connectivity index (χ1) is 15.1. The highest BCUT2D eigenvalue weighted by Crippen LogP contribution is 2.21. The van der Waals surface area contributed by atoms with E-state index in [9.17, 15) is 9.59 Å². The lowest BCUT2D eigenvalue weighted by molar-refractivity contribution is 0.0908. The predicted octanol–water partition coefficient (Wildman–Crippen LogP) is 4.35. The summed E-state index contributed by atoms with van der Waals surface area (Å²) >= 11 is 0. The van der Waals surface area contributed by atoms with E-state index in [1.165, 1.54) is 5.56 Å². The van der Waals surface area contributed by atoms with Gasteiger partial charge >= 0.3 is 0 Å². The van der Waals surface area contributed by atoms with Gasteiger partial charge in [-0.25, -0.2) is 0 Å². The Hall–Kier alpha value is -3.31. The standard InChI is InChI=1S/C26H27N3O2/c1-19(30)21-8-5-9-22(14-21)23-15-24(17-27-16-23)26(31)28-25-10-12-29(13-11-25)18-20-6-3-2-4-7-20/h2-9,14-17,25H,10-13,18H2,1H3,(H,28,31). The molecule has 1 fully saturated rings. The Kier molecular flexibility index (Phi) is 6.53. The fraction of sp³-hybridized carbons (Fsp3) is 0.269. The van der Waals surface area contributed by atoms with Gasteiger partial charge in [-0.1, -0.05) is 48.5 Å². The first kappa shape index (κ1) is 20.9. The molecule has 2 aromatic carbocycles. The quantitative estimate of drug-likeness (QED) is 0.611. The van der Waals surface area contributed by atoms with E-state index in [1.807, 2.05) is 30.3 Å². The molecule has 1 saturated heterocycles. The number of benzene rings is 2. The molecule has 0 bridgehead atoms. The average molecular weight is 414 g/mol. The molecule has 0 unspecified atom stereocenters. The van der Waals surface area contributed by atoms with E-state index in [0.29, 0.717) is 11.1 Å².